The zero-order valence-corrected chi connectivity index (χ0v) is 13.0. The number of ketones is 1. The SMILES string of the molecule is COc1cc(C)cc(C)c1C(=O)C(C)(C)S(C)(=O)=O. The molecular weight excluding hydrogens is 264 g/mol. The quantitative estimate of drug-likeness (QED) is 0.796. The number of sulfone groups is 1. The van der Waals surface area contributed by atoms with E-state index in [9.17, 15) is 13.2 Å². The van der Waals surface area contributed by atoms with Gasteiger partial charge in [0.1, 0.15) is 10.5 Å². The van der Waals surface area contributed by atoms with E-state index in [0.29, 0.717) is 11.3 Å². The maximum atomic E-state index is 12.6. The number of carbonyl (C=O) groups is 1. The van der Waals surface area contributed by atoms with Crippen LogP contribution in [0.5, 0.6) is 5.75 Å². The maximum Gasteiger partial charge on any atom is 0.187 e. The molecule has 4 nitrogen and oxygen atoms in total. The molecule has 0 unspecified atom stereocenters. The summed E-state index contributed by atoms with van der Waals surface area (Å²) in [5.74, 6) is -0.0245. The van der Waals surface area contributed by atoms with E-state index in [1.165, 1.54) is 21.0 Å². The minimum absolute atomic E-state index is 0.337. The fourth-order valence-corrected chi connectivity index (χ4v) is 2.29. The second-order valence-electron chi connectivity index (χ2n) is 5.27. The zero-order valence-electron chi connectivity index (χ0n) is 12.2. The van der Waals surface area contributed by atoms with Crippen molar-refractivity contribution in [2.75, 3.05) is 13.4 Å². The lowest BCUT2D eigenvalue weighted by atomic mass is 9.94. The van der Waals surface area contributed by atoms with Crippen LogP contribution >= 0.6 is 0 Å². The van der Waals surface area contributed by atoms with Crippen LogP contribution in [0.15, 0.2) is 12.1 Å². The molecule has 19 heavy (non-hydrogen) atoms. The van der Waals surface area contributed by atoms with Gasteiger partial charge in [-0.05, 0) is 44.9 Å². The third-order valence-corrected chi connectivity index (χ3v) is 5.40. The predicted octanol–water partition coefficient (Wildman–Crippen LogP) is 2.32. The molecule has 1 aromatic carbocycles. The largest absolute Gasteiger partial charge is 0.496 e. The van der Waals surface area contributed by atoms with Crippen LogP contribution in [-0.4, -0.2) is 32.3 Å². The van der Waals surface area contributed by atoms with E-state index in [2.05, 4.69) is 0 Å². The molecule has 0 spiro atoms. The molecule has 0 aromatic heterocycles. The van der Waals surface area contributed by atoms with E-state index in [1.807, 2.05) is 13.0 Å². The lowest BCUT2D eigenvalue weighted by Gasteiger charge is -2.23. The van der Waals surface area contributed by atoms with Gasteiger partial charge in [-0.25, -0.2) is 8.42 Å². The normalized spacial score (nSPS) is 12.3. The number of methoxy groups -OCH3 is 1. The van der Waals surface area contributed by atoms with Crippen LogP contribution in [0.3, 0.4) is 0 Å². The van der Waals surface area contributed by atoms with Crippen molar-refractivity contribution in [2.24, 2.45) is 0 Å². The van der Waals surface area contributed by atoms with Gasteiger partial charge in [-0.2, -0.15) is 0 Å². The van der Waals surface area contributed by atoms with Gasteiger partial charge in [0.2, 0.25) is 0 Å². The Kier molecular flexibility index (Phi) is 4.10. The fourth-order valence-electron chi connectivity index (χ4n) is 1.85. The third kappa shape index (κ3) is 2.81. The van der Waals surface area contributed by atoms with Crippen molar-refractivity contribution in [3.05, 3.63) is 28.8 Å². The summed E-state index contributed by atoms with van der Waals surface area (Å²) in [6.45, 7) is 6.51. The first-order valence-corrected chi connectivity index (χ1v) is 7.81. The highest BCUT2D eigenvalue weighted by Crippen LogP contribution is 2.30. The van der Waals surface area contributed by atoms with Gasteiger partial charge in [0, 0.05) is 6.26 Å². The first-order chi connectivity index (χ1) is 8.52. The lowest BCUT2D eigenvalue weighted by Crippen LogP contribution is -2.40. The molecule has 1 aromatic rings. The van der Waals surface area contributed by atoms with E-state index in [0.717, 1.165) is 17.4 Å². The van der Waals surface area contributed by atoms with Gasteiger partial charge in [-0.1, -0.05) is 6.07 Å². The van der Waals surface area contributed by atoms with Gasteiger partial charge in [0.15, 0.2) is 15.6 Å². The second-order valence-corrected chi connectivity index (χ2v) is 7.84. The molecule has 0 amide bonds. The summed E-state index contributed by atoms with van der Waals surface area (Å²) in [6.07, 6.45) is 1.07. The molecule has 5 heteroatoms. The molecule has 0 radical (unpaired) electrons. The monoisotopic (exact) mass is 284 g/mol. The molecular formula is C14H20O4S. The number of aryl methyl sites for hydroxylation is 2. The van der Waals surface area contributed by atoms with Crippen molar-refractivity contribution in [3.8, 4) is 5.75 Å². The number of hydrogen-bond donors (Lipinski definition) is 0. The van der Waals surface area contributed by atoms with Crippen molar-refractivity contribution in [2.45, 2.75) is 32.4 Å². The first-order valence-electron chi connectivity index (χ1n) is 5.92. The van der Waals surface area contributed by atoms with Crippen LogP contribution in [0, 0.1) is 13.8 Å². The van der Waals surface area contributed by atoms with E-state index in [1.54, 1.807) is 13.0 Å². The van der Waals surface area contributed by atoms with Crippen molar-refractivity contribution in [1.82, 2.24) is 0 Å². The molecule has 0 aliphatic rings. The van der Waals surface area contributed by atoms with Gasteiger partial charge < -0.3 is 4.74 Å². The average Bonchev–Trinajstić information content (AvgIpc) is 2.25. The Morgan fingerprint density at radius 1 is 1.21 bits per heavy atom. The molecule has 1 rings (SSSR count). The molecule has 0 saturated heterocycles. The van der Waals surface area contributed by atoms with E-state index in [-0.39, 0.29) is 0 Å². The summed E-state index contributed by atoms with van der Waals surface area (Å²) in [6, 6.07) is 3.58. The summed E-state index contributed by atoms with van der Waals surface area (Å²) in [4.78, 5) is 12.6. The van der Waals surface area contributed by atoms with E-state index >= 15 is 0 Å². The first kappa shape index (κ1) is 15.7. The summed E-state index contributed by atoms with van der Waals surface area (Å²) >= 11 is 0. The van der Waals surface area contributed by atoms with Crippen LogP contribution < -0.4 is 4.74 Å². The fraction of sp³-hybridized carbons (Fsp3) is 0.500. The van der Waals surface area contributed by atoms with Crippen molar-refractivity contribution < 1.29 is 17.9 Å². The Labute approximate surface area is 114 Å². The van der Waals surface area contributed by atoms with Crippen LogP contribution in [-0.2, 0) is 9.84 Å². The van der Waals surface area contributed by atoms with E-state index < -0.39 is 20.4 Å². The molecule has 0 fully saturated rings. The molecule has 0 N–H and O–H groups in total. The summed E-state index contributed by atoms with van der Waals surface area (Å²) < 4.78 is 27.3. The van der Waals surface area contributed by atoms with Gasteiger partial charge in [-0.3, -0.25) is 4.79 Å². The van der Waals surface area contributed by atoms with Gasteiger partial charge in [0.25, 0.3) is 0 Å². The van der Waals surface area contributed by atoms with Gasteiger partial charge in [-0.15, -0.1) is 0 Å². The van der Waals surface area contributed by atoms with Crippen molar-refractivity contribution in [1.29, 1.82) is 0 Å². The molecule has 0 aliphatic heterocycles. The lowest BCUT2D eigenvalue weighted by molar-refractivity contribution is 0.0950. The number of rotatable bonds is 4. The Morgan fingerprint density at radius 3 is 2.16 bits per heavy atom. The number of benzene rings is 1. The number of Topliss-reactive ketones (excluding diaryl/α,β-unsaturated/α-hetero) is 1. The standard InChI is InChI=1S/C14H20O4S/c1-9-7-10(2)12(11(8-9)18-5)13(15)14(3,4)19(6,16)17/h7-8H,1-6H3. The summed E-state index contributed by atoms with van der Waals surface area (Å²) in [5.41, 5.74) is 2.02. The Morgan fingerprint density at radius 2 is 1.74 bits per heavy atom. The minimum Gasteiger partial charge on any atom is -0.496 e. The highest BCUT2D eigenvalue weighted by Gasteiger charge is 2.40. The van der Waals surface area contributed by atoms with Crippen LogP contribution in [0.25, 0.3) is 0 Å². The summed E-state index contributed by atoms with van der Waals surface area (Å²) in [7, 11) is -2.04. The Bertz CT molecular complexity index is 613. The Hall–Kier alpha value is -1.36. The molecule has 106 valence electrons. The molecule has 0 heterocycles. The number of hydrogen-bond acceptors (Lipinski definition) is 4. The minimum atomic E-state index is -3.51. The van der Waals surface area contributed by atoms with Gasteiger partial charge in [0.05, 0.1) is 12.7 Å². The smallest absolute Gasteiger partial charge is 0.187 e. The topological polar surface area (TPSA) is 60.4 Å². The second kappa shape index (κ2) is 4.96. The van der Waals surface area contributed by atoms with E-state index in [4.69, 9.17) is 4.74 Å². The maximum absolute atomic E-state index is 12.6. The molecule has 0 aliphatic carbocycles. The Balaban J connectivity index is 3.52. The van der Waals surface area contributed by atoms with Crippen molar-refractivity contribution in [3.63, 3.8) is 0 Å². The average molecular weight is 284 g/mol. The molecule has 0 atom stereocenters. The predicted molar refractivity (Wildman–Crippen MR) is 75.7 cm³/mol. The van der Waals surface area contributed by atoms with Crippen LogP contribution in [0.1, 0.15) is 35.3 Å². The number of ether oxygens (including phenoxy) is 1. The van der Waals surface area contributed by atoms with Crippen molar-refractivity contribution >= 4 is 15.6 Å². The van der Waals surface area contributed by atoms with Crippen LogP contribution in [0.2, 0.25) is 0 Å². The highest BCUT2D eigenvalue weighted by molar-refractivity contribution is 7.92. The highest BCUT2D eigenvalue weighted by atomic mass is 32.2. The third-order valence-electron chi connectivity index (χ3n) is 3.36. The number of carbonyl (C=O) groups excluding carboxylic acids is 1. The van der Waals surface area contributed by atoms with Gasteiger partial charge >= 0.3 is 0 Å². The summed E-state index contributed by atoms with van der Waals surface area (Å²) in [5, 5.41) is 0. The molecule has 0 bridgehead atoms. The molecule has 0 saturated carbocycles. The van der Waals surface area contributed by atoms with Crippen LogP contribution in [0.4, 0.5) is 0 Å². The zero-order chi connectivity index (χ0) is 15.0.